The Labute approximate surface area is 115 Å². The molecule has 0 aromatic carbocycles. The molecule has 1 aromatic rings. The van der Waals surface area contributed by atoms with Gasteiger partial charge in [0.15, 0.2) is 0 Å². The normalized spacial score (nSPS) is 22.2. The standard InChI is InChI=1S/C14H25N5/c1-9-6-10(9)8-19(5)12-7-11(18-15)16-13(17-12)14(2,3)4/h7,9-10H,6,8,15H2,1-5H3,(H,16,17,18). The van der Waals surface area contributed by atoms with E-state index in [1.165, 1.54) is 6.42 Å². The summed E-state index contributed by atoms with van der Waals surface area (Å²) in [6, 6.07) is 1.91. The van der Waals surface area contributed by atoms with Gasteiger partial charge in [-0.05, 0) is 18.3 Å². The minimum Gasteiger partial charge on any atom is -0.359 e. The molecule has 0 radical (unpaired) electrons. The van der Waals surface area contributed by atoms with Gasteiger partial charge < -0.3 is 10.3 Å². The molecule has 0 spiro atoms. The fourth-order valence-electron chi connectivity index (χ4n) is 2.14. The number of hydrogen-bond acceptors (Lipinski definition) is 5. The Morgan fingerprint density at radius 1 is 1.42 bits per heavy atom. The Hall–Kier alpha value is -1.36. The highest BCUT2D eigenvalue weighted by atomic mass is 15.3. The zero-order valence-electron chi connectivity index (χ0n) is 12.6. The van der Waals surface area contributed by atoms with Crippen LogP contribution in [-0.4, -0.2) is 23.6 Å². The van der Waals surface area contributed by atoms with Gasteiger partial charge in [-0.2, -0.15) is 0 Å². The van der Waals surface area contributed by atoms with Gasteiger partial charge in [0.1, 0.15) is 17.5 Å². The summed E-state index contributed by atoms with van der Waals surface area (Å²) in [5, 5.41) is 0. The molecular weight excluding hydrogens is 238 g/mol. The van der Waals surface area contributed by atoms with Crippen molar-refractivity contribution in [2.75, 3.05) is 23.9 Å². The fraction of sp³-hybridized carbons (Fsp3) is 0.714. The predicted octanol–water partition coefficient (Wildman–Crippen LogP) is 2.15. The van der Waals surface area contributed by atoms with E-state index in [1.807, 2.05) is 6.07 Å². The van der Waals surface area contributed by atoms with Crippen LogP contribution in [0.1, 0.15) is 39.9 Å². The molecule has 1 aromatic heterocycles. The van der Waals surface area contributed by atoms with Gasteiger partial charge in [0, 0.05) is 25.1 Å². The summed E-state index contributed by atoms with van der Waals surface area (Å²) in [4.78, 5) is 11.3. The molecule has 1 aliphatic rings. The zero-order valence-corrected chi connectivity index (χ0v) is 12.6. The third-order valence-electron chi connectivity index (χ3n) is 3.71. The Balaban J connectivity index is 2.23. The van der Waals surface area contributed by atoms with Crippen LogP contribution in [0.15, 0.2) is 6.07 Å². The van der Waals surface area contributed by atoms with E-state index in [9.17, 15) is 0 Å². The van der Waals surface area contributed by atoms with E-state index in [0.717, 1.165) is 30.0 Å². The van der Waals surface area contributed by atoms with Crippen LogP contribution >= 0.6 is 0 Å². The molecule has 0 bridgehead atoms. The molecule has 0 amide bonds. The van der Waals surface area contributed by atoms with Gasteiger partial charge >= 0.3 is 0 Å². The van der Waals surface area contributed by atoms with Gasteiger partial charge in [0.25, 0.3) is 0 Å². The van der Waals surface area contributed by atoms with Gasteiger partial charge in [0.2, 0.25) is 0 Å². The van der Waals surface area contributed by atoms with Crippen molar-refractivity contribution in [1.29, 1.82) is 0 Å². The van der Waals surface area contributed by atoms with Gasteiger partial charge in [-0.1, -0.05) is 27.7 Å². The van der Waals surface area contributed by atoms with Gasteiger partial charge in [-0.25, -0.2) is 15.8 Å². The first-order valence-electron chi connectivity index (χ1n) is 6.88. The Bertz CT molecular complexity index is 452. The third kappa shape index (κ3) is 3.35. The van der Waals surface area contributed by atoms with Crippen LogP contribution in [0.5, 0.6) is 0 Å². The second-order valence-corrected chi connectivity index (χ2v) is 6.68. The quantitative estimate of drug-likeness (QED) is 0.643. The number of hydrogen-bond donors (Lipinski definition) is 2. The lowest BCUT2D eigenvalue weighted by molar-refractivity contribution is 0.544. The molecule has 1 fully saturated rings. The van der Waals surface area contributed by atoms with Crippen molar-refractivity contribution in [2.45, 2.75) is 39.5 Å². The average Bonchev–Trinajstić information content (AvgIpc) is 3.03. The Morgan fingerprint density at radius 3 is 2.53 bits per heavy atom. The largest absolute Gasteiger partial charge is 0.359 e. The third-order valence-corrected chi connectivity index (χ3v) is 3.71. The molecular formula is C14H25N5. The van der Waals surface area contributed by atoms with Gasteiger partial charge in [-0.3, -0.25) is 0 Å². The topological polar surface area (TPSA) is 67.1 Å². The molecule has 1 heterocycles. The van der Waals surface area contributed by atoms with Crippen LogP contribution in [-0.2, 0) is 5.41 Å². The lowest BCUT2D eigenvalue weighted by Crippen LogP contribution is -2.25. The van der Waals surface area contributed by atoms with Crippen LogP contribution in [0, 0.1) is 11.8 Å². The summed E-state index contributed by atoms with van der Waals surface area (Å²) < 4.78 is 0. The molecule has 5 nitrogen and oxygen atoms in total. The summed E-state index contributed by atoms with van der Waals surface area (Å²) >= 11 is 0. The minimum absolute atomic E-state index is 0.0880. The van der Waals surface area contributed by atoms with E-state index in [4.69, 9.17) is 5.84 Å². The molecule has 1 aliphatic carbocycles. The molecule has 3 N–H and O–H groups in total. The lowest BCUT2D eigenvalue weighted by atomic mass is 9.96. The van der Waals surface area contributed by atoms with E-state index in [-0.39, 0.29) is 5.41 Å². The molecule has 5 heteroatoms. The number of nitrogens with one attached hydrogen (secondary N) is 1. The smallest absolute Gasteiger partial charge is 0.145 e. The molecule has 2 unspecified atom stereocenters. The summed E-state index contributed by atoms with van der Waals surface area (Å²) in [7, 11) is 2.08. The fourth-order valence-corrected chi connectivity index (χ4v) is 2.14. The number of aromatic nitrogens is 2. The highest BCUT2D eigenvalue weighted by Crippen LogP contribution is 2.38. The maximum Gasteiger partial charge on any atom is 0.145 e. The molecule has 1 saturated carbocycles. The summed E-state index contributed by atoms with van der Waals surface area (Å²) in [6.45, 7) is 9.66. The number of rotatable bonds is 4. The summed E-state index contributed by atoms with van der Waals surface area (Å²) in [6.07, 6.45) is 1.32. The molecule has 106 valence electrons. The lowest BCUT2D eigenvalue weighted by Gasteiger charge is -2.23. The van der Waals surface area contributed by atoms with Crippen molar-refractivity contribution in [3.05, 3.63) is 11.9 Å². The molecule has 0 saturated heterocycles. The highest BCUT2D eigenvalue weighted by Gasteiger charge is 2.33. The maximum atomic E-state index is 5.51. The van der Waals surface area contributed by atoms with Crippen molar-refractivity contribution >= 4 is 11.6 Å². The molecule has 2 atom stereocenters. The number of nitrogen functional groups attached to an aromatic ring is 1. The van der Waals surface area contributed by atoms with Crippen molar-refractivity contribution in [1.82, 2.24) is 9.97 Å². The van der Waals surface area contributed by atoms with Crippen LogP contribution in [0.4, 0.5) is 11.6 Å². The minimum atomic E-state index is -0.0880. The van der Waals surface area contributed by atoms with Crippen molar-refractivity contribution in [2.24, 2.45) is 17.7 Å². The van der Waals surface area contributed by atoms with Crippen molar-refractivity contribution in [3.8, 4) is 0 Å². The molecule has 2 rings (SSSR count). The van der Waals surface area contributed by atoms with Crippen LogP contribution in [0.3, 0.4) is 0 Å². The number of hydrazine groups is 1. The zero-order chi connectivity index (χ0) is 14.2. The summed E-state index contributed by atoms with van der Waals surface area (Å²) in [5.74, 6) is 9.57. The monoisotopic (exact) mass is 263 g/mol. The van der Waals surface area contributed by atoms with E-state index < -0.39 is 0 Å². The van der Waals surface area contributed by atoms with E-state index >= 15 is 0 Å². The second kappa shape index (κ2) is 4.96. The molecule has 19 heavy (non-hydrogen) atoms. The Kier molecular flexibility index (Phi) is 3.67. The van der Waals surface area contributed by atoms with Crippen molar-refractivity contribution < 1.29 is 0 Å². The van der Waals surface area contributed by atoms with Gasteiger partial charge in [-0.15, -0.1) is 0 Å². The van der Waals surface area contributed by atoms with Crippen LogP contribution in [0.25, 0.3) is 0 Å². The van der Waals surface area contributed by atoms with Crippen LogP contribution in [0.2, 0.25) is 0 Å². The van der Waals surface area contributed by atoms with Crippen LogP contribution < -0.4 is 16.2 Å². The SMILES string of the molecule is CC1CC1CN(C)c1cc(NN)nc(C(C)(C)C)n1. The van der Waals surface area contributed by atoms with Crippen molar-refractivity contribution in [3.63, 3.8) is 0 Å². The summed E-state index contributed by atoms with van der Waals surface area (Å²) in [5.41, 5.74) is 2.55. The van der Waals surface area contributed by atoms with E-state index in [2.05, 4.69) is 55.0 Å². The van der Waals surface area contributed by atoms with E-state index in [1.54, 1.807) is 0 Å². The Morgan fingerprint density at radius 2 is 2.05 bits per heavy atom. The van der Waals surface area contributed by atoms with E-state index in [0.29, 0.717) is 5.82 Å². The first-order valence-corrected chi connectivity index (χ1v) is 6.88. The number of anilines is 2. The predicted molar refractivity (Wildman–Crippen MR) is 79.1 cm³/mol. The first-order chi connectivity index (χ1) is 8.81. The van der Waals surface area contributed by atoms with Gasteiger partial charge in [0.05, 0.1) is 0 Å². The second-order valence-electron chi connectivity index (χ2n) is 6.68. The molecule has 0 aliphatic heterocycles. The highest BCUT2D eigenvalue weighted by molar-refractivity contribution is 5.49. The number of nitrogens with zero attached hydrogens (tertiary/aromatic N) is 3. The number of nitrogens with two attached hydrogens (primary N) is 1. The average molecular weight is 263 g/mol. The maximum absolute atomic E-state index is 5.51. The first kappa shape index (κ1) is 14.1.